The Kier molecular flexibility index (Phi) is 3.74. The van der Waals surface area contributed by atoms with E-state index >= 15 is 0 Å². The molecule has 1 saturated carbocycles. The number of carbonyl (C=O) groups is 1. The first-order valence-corrected chi connectivity index (χ1v) is 9.15. The van der Waals surface area contributed by atoms with Gasteiger partial charge in [0.05, 0.1) is 5.69 Å². The molecular weight excluding hydrogens is 338 g/mol. The van der Waals surface area contributed by atoms with Gasteiger partial charge in [0.15, 0.2) is 0 Å². The van der Waals surface area contributed by atoms with Gasteiger partial charge in [0, 0.05) is 29.9 Å². The molecule has 2 N–H and O–H groups in total. The zero-order valence-electron chi connectivity index (χ0n) is 14.7. The van der Waals surface area contributed by atoms with Crippen LogP contribution in [0, 0.1) is 5.92 Å². The van der Waals surface area contributed by atoms with Crippen LogP contribution in [-0.2, 0) is 4.79 Å². The number of para-hydroxylation sites is 1. The van der Waals surface area contributed by atoms with Gasteiger partial charge in [-0.2, -0.15) is 0 Å². The highest BCUT2D eigenvalue weighted by atomic mass is 16.2. The Balaban J connectivity index is 1.52. The third-order valence-corrected chi connectivity index (χ3v) is 4.90. The molecule has 6 heteroatoms. The number of H-pyrrole nitrogens is 1. The second-order valence-electron chi connectivity index (χ2n) is 6.91. The Morgan fingerprint density at radius 3 is 2.85 bits per heavy atom. The van der Waals surface area contributed by atoms with Crippen molar-refractivity contribution in [2.24, 2.45) is 10.9 Å². The van der Waals surface area contributed by atoms with Crippen molar-refractivity contribution in [3.8, 4) is 0 Å². The van der Waals surface area contributed by atoms with E-state index in [2.05, 4.69) is 20.3 Å². The van der Waals surface area contributed by atoms with E-state index in [4.69, 9.17) is 0 Å². The minimum absolute atomic E-state index is 0.127. The molecule has 3 aromatic rings. The fraction of sp³-hybridized carbons (Fsp3) is 0.190. The second-order valence-corrected chi connectivity index (χ2v) is 6.91. The molecule has 1 aliphatic carbocycles. The number of amides is 1. The summed E-state index contributed by atoms with van der Waals surface area (Å²) in [7, 11) is 0. The van der Waals surface area contributed by atoms with Crippen molar-refractivity contribution in [1.82, 2.24) is 15.3 Å². The fourth-order valence-electron chi connectivity index (χ4n) is 3.25. The maximum absolute atomic E-state index is 13.1. The summed E-state index contributed by atoms with van der Waals surface area (Å²) >= 11 is 0. The first-order valence-electron chi connectivity index (χ1n) is 9.15. The number of fused-ring (bicyclic) bond motifs is 1. The number of aromatic amines is 1. The number of pyridine rings is 1. The van der Waals surface area contributed by atoms with Gasteiger partial charge in [0.25, 0.3) is 5.91 Å². The molecule has 0 unspecified atom stereocenters. The lowest BCUT2D eigenvalue weighted by Crippen LogP contribution is -2.41. The summed E-state index contributed by atoms with van der Waals surface area (Å²) in [4.78, 5) is 26.8. The van der Waals surface area contributed by atoms with E-state index < -0.39 is 0 Å². The molecule has 0 bridgehead atoms. The normalized spacial score (nSPS) is 18.4. The highest BCUT2D eigenvalue weighted by molar-refractivity contribution is 6.28. The monoisotopic (exact) mass is 357 g/mol. The molecule has 0 saturated heterocycles. The van der Waals surface area contributed by atoms with Gasteiger partial charge in [0.2, 0.25) is 5.96 Å². The van der Waals surface area contributed by atoms with Crippen LogP contribution in [0.2, 0.25) is 0 Å². The minimum Gasteiger partial charge on any atom is -0.355 e. The summed E-state index contributed by atoms with van der Waals surface area (Å²) in [6.45, 7) is 0.847. The van der Waals surface area contributed by atoms with Gasteiger partial charge in [-0.25, -0.2) is 14.9 Å². The zero-order valence-corrected chi connectivity index (χ0v) is 14.7. The van der Waals surface area contributed by atoms with Crippen LogP contribution in [0.3, 0.4) is 0 Å². The summed E-state index contributed by atoms with van der Waals surface area (Å²) in [5.74, 6) is 1.16. The third-order valence-electron chi connectivity index (χ3n) is 4.90. The Labute approximate surface area is 156 Å². The molecular formula is C21H19N5O. The highest BCUT2D eigenvalue weighted by Crippen LogP contribution is 2.29. The Hall–Kier alpha value is -3.41. The van der Waals surface area contributed by atoms with Gasteiger partial charge in [-0.05, 0) is 49.1 Å². The zero-order chi connectivity index (χ0) is 18.2. The lowest BCUT2D eigenvalue weighted by Gasteiger charge is -2.19. The molecule has 1 amide bonds. The van der Waals surface area contributed by atoms with Crippen molar-refractivity contribution < 1.29 is 4.79 Å². The number of carbonyl (C=O) groups excluding carboxylic acids is 1. The van der Waals surface area contributed by atoms with Crippen molar-refractivity contribution >= 4 is 34.7 Å². The molecule has 1 fully saturated rings. The number of anilines is 1. The Bertz CT molecular complexity index is 1060. The van der Waals surface area contributed by atoms with Gasteiger partial charge < -0.3 is 10.3 Å². The molecule has 1 aliphatic heterocycles. The summed E-state index contributed by atoms with van der Waals surface area (Å²) in [6.07, 6.45) is 7.90. The molecule has 0 spiro atoms. The molecule has 0 radical (unpaired) electrons. The van der Waals surface area contributed by atoms with Gasteiger partial charge in [-0.1, -0.05) is 18.2 Å². The van der Waals surface area contributed by atoms with Crippen molar-refractivity contribution in [2.45, 2.75) is 12.8 Å². The first kappa shape index (κ1) is 15.8. The Morgan fingerprint density at radius 1 is 1.19 bits per heavy atom. The Morgan fingerprint density at radius 2 is 2.04 bits per heavy atom. The largest absolute Gasteiger partial charge is 0.355 e. The molecule has 2 aromatic heterocycles. The van der Waals surface area contributed by atoms with Crippen LogP contribution in [0.1, 0.15) is 18.4 Å². The smallest absolute Gasteiger partial charge is 0.283 e. The lowest BCUT2D eigenvalue weighted by molar-refractivity contribution is -0.113. The van der Waals surface area contributed by atoms with Crippen molar-refractivity contribution in [3.63, 3.8) is 0 Å². The van der Waals surface area contributed by atoms with E-state index in [0.717, 1.165) is 28.8 Å². The highest BCUT2D eigenvalue weighted by Gasteiger charge is 2.33. The van der Waals surface area contributed by atoms with Crippen LogP contribution in [0.15, 0.2) is 65.5 Å². The van der Waals surface area contributed by atoms with E-state index in [1.165, 1.54) is 12.8 Å². The van der Waals surface area contributed by atoms with Crippen LogP contribution >= 0.6 is 0 Å². The van der Waals surface area contributed by atoms with E-state index in [1.54, 1.807) is 11.1 Å². The average Bonchev–Trinajstić information content (AvgIpc) is 3.38. The van der Waals surface area contributed by atoms with Gasteiger partial charge in [-0.15, -0.1) is 0 Å². The number of benzene rings is 1. The lowest BCUT2D eigenvalue weighted by atomic mass is 10.2. The molecule has 0 atom stereocenters. The number of aromatic nitrogens is 2. The number of nitrogens with one attached hydrogen (secondary N) is 2. The van der Waals surface area contributed by atoms with Crippen LogP contribution in [0.4, 0.5) is 5.69 Å². The maximum atomic E-state index is 13.1. The maximum Gasteiger partial charge on any atom is 0.283 e. The molecule has 3 heterocycles. The number of rotatable bonds is 4. The molecule has 134 valence electrons. The van der Waals surface area contributed by atoms with Crippen LogP contribution < -0.4 is 10.2 Å². The van der Waals surface area contributed by atoms with Crippen LogP contribution in [0.25, 0.3) is 17.1 Å². The molecule has 5 rings (SSSR count). The predicted octanol–water partition coefficient (Wildman–Crippen LogP) is 3.31. The standard InChI is InChI=1S/C21H19N5O/c27-20-18(11-15-13-23-19-17(15)7-4-10-22-19)25-21(24-12-14-8-9-14)26(20)16-5-2-1-3-6-16/h1-7,10-11,13-14H,8-9,12H2,(H,22,23)(H,24,25). The number of guanidine groups is 1. The minimum atomic E-state index is -0.127. The SMILES string of the molecule is O=C1C(=Cc2c[nH]c3ncccc23)N=C(NCC2CC2)N1c1ccccc1. The first-order chi connectivity index (χ1) is 13.3. The fourth-order valence-corrected chi connectivity index (χ4v) is 3.25. The number of hydrogen-bond acceptors (Lipinski definition) is 4. The van der Waals surface area contributed by atoms with Crippen LogP contribution in [-0.4, -0.2) is 28.4 Å². The summed E-state index contributed by atoms with van der Waals surface area (Å²) in [5, 5.41) is 4.33. The molecule has 1 aromatic carbocycles. The van der Waals surface area contributed by atoms with Crippen molar-refractivity contribution in [3.05, 3.63) is 66.1 Å². The number of nitrogens with zero attached hydrogens (tertiary/aromatic N) is 3. The quantitative estimate of drug-likeness (QED) is 0.704. The van der Waals surface area contributed by atoms with E-state index in [0.29, 0.717) is 17.6 Å². The second kappa shape index (κ2) is 6.39. The summed E-state index contributed by atoms with van der Waals surface area (Å²) in [6, 6.07) is 13.5. The summed E-state index contributed by atoms with van der Waals surface area (Å²) < 4.78 is 0. The van der Waals surface area contributed by atoms with Gasteiger partial charge in [-0.3, -0.25) is 4.79 Å². The van der Waals surface area contributed by atoms with E-state index in [1.807, 2.05) is 54.7 Å². The molecule has 6 nitrogen and oxygen atoms in total. The average molecular weight is 357 g/mol. The topological polar surface area (TPSA) is 73.4 Å². The van der Waals surface area contributed by atoms with Gasteiger partial charge in [0.1, 0.15) is 11.3 Å². The third kappa shape index (κ3) is 2.99. The number of hydrogen-bond donors (Lipinski definition) is 2. The van der Waals surface area contributed by atoms with Crippen molar-refractivity contribution in [1.29, 1.82) is 0 Å². The molecule has 27 heavy (non-hydrogen) atoms. The van der Waals surface area contributed by atoms with E-state index in [9.17, 15) is 4.79 Å². The van der Waals surface area contributed by atoms with E-state index in [-0.39, 0.29) is 5.91 Å². The van der Waals surface area contributed by atoms with Crippen molar-refractivity contribution in [2.75, 3.05) is 11.4 Å². The predicted molar refractivity (Wildman–Crippen MR) is 106 cm³/mol. The van der Waals surface area contributed by atoms with Crippen LogP contribution in [0.5, 0.6) is 0 Å². The van der Waals surface area contributed by atoms with Gasteiger partial charge >= 0.3 is 0 Å². The molecule has 2 aliphatic rings. The summed E-state index contributed by atoms with van der Waals surface area (Å²) in [5.41, 5.74) is 2.93. The number of aliphatic imine (C=N–C) groups is 1.